The van der Waals surface area contributed by atoms with E-state index in [1.807, 2.05) is 12.1 Å². The van der Waals surface area contributed by atoms with Crippen LogP contribution in [0.3, 0.4) is 0 Å². The summed E-state index contributed by atoms with van der Waals surface area (Å²) in [7, 11) is 0. The van der Waals surface area contributed by atoms with Crippen LogP contribution in [0, 0.1) is 5.82 Å². The Morgan fingerprint density at radius 1 is 1.24 bits per heavy atom. The Kier molecular flexibility index (Phi) is 3.48. The topological polar surface area (TPSA) is 58.0 Å². The Labute approximate surface area is 120 Å². The summed E-state index contributed by atoms with van der Waals surface area (Å²) >= 11 is 0. The highest BCUT2D eigenvalue weighted by atomic mass is 19.1. The predicted molar refractivity (Wildman–Crippen MR) is 79.9 cm³/mol. The van der Waals surface area contributed by atoms with E-state index < -0.39 is 5.76 Å². The van der Waals surface area contributed by atoms with Crippen molar-refractivity contribution in [3.63, 3.8) is 0 Å². The molecule has 5 heteroatoms. The van der Waals surface area contributed by atoms with Gasteiger partial charge in [0.25, 0.3) is 0 Å². The molecule has 4 nitrogen and oxygen atoms in total. The van der Waals surface area contributed by atoms with Crippen molar-refractivity contribution in [3.8, 4) is 0 Å². The third kappa shape index (κ3) is 2.81. The molecule has 0 aliphatic heterocycles. The number of oxazole rings is 1. The van der Waals surface area contributed by atoms with Crippen LogP contribution in [0.15, 0.2) is 51.7 Å². The van der Waals surface area contributed by atoms with Gasteiger partial charge in [-0.25, -0.2) is 9.18 Å². The third-order valence-electron chi connectivity index (χ3n) is 3.44. The number of aromatic nitrogens is 1. The molecule has 3 rings (SSSR count). The van der Waals surface area contributed by atoms with E-state index >= 15 is 0 Å². The standard InChI is InChI=1S/C16H15FN2O2/c1-2-13(10-3-5-11(17)6-4-10)18-12-7-8-15-14(9-12)19-16(20)21-15/h3-9,13,18H,2H2,1H3,(H,19,20). The number of hydrogen-bond donors (Lipinski definition) is 2. The summed E-state index contributed by atoms with van der Waals surface area (Å²) in [5.41, 5.74) is 3.06. The van der Waals surface area contributed by atoms with Crippen LogP contribution in [-0.2, 0) is 0 Å². The van der Waals surface area contributed by atoms with Gasteiger partial charge in [-0.2, -0.15) is 0 Å². The summed E-state index contributed by atoms with van der Waals surface area (Å²) in [6.45, 7) is 2.05. The van der Waals surface area contributed by atoms with Gasteiger partial charge in [-0.15, -0.1) is 0 Å². The van der Waals surface area contributed by atoms with Crippen LogP contribution in [0.1, 0.15) is 24.9 Å². The third-order valence-corrected chi connectivity index (χ3v) is 3.44. The second kappa shape index (κ2) is 5.44. The van der Waals surface area contributed by atoms with Gasteiger partial charge in [0.05, 0.1) is 11.6 Å². The summed E-state index contributed by atoms with van der Waals surface area (Å²) in [6.07, 6.45) is 0.853. The molecule has 2 N–H and O–H groups in total. The summed E-state index contributed by atoms with van der Waals surface area (Å²) in [5, 5.41) is 3.38. The largest absolute Gasteiger partial charge is 0.417 e. The summed E-state index contributed by atoms with van der Waals surface area (Å²) in [5.74, 6) is -0.710. The summed E-state index contributed by atoms with van der Waals surface area (Å²) in [4.78, 5) is 13.8. The van der Waals surface area contributed by atoms with Gasteiger partial charge in [0.1, 0.15) is 5.82 Å². The Morgan fingerprint density at radius 2 is 2.00 bits per heavy atom. The number of aromatic amines is 1. The molecule has 21 heavy (non-hydrogen) atoms. The molecule has 0 saturated heterocycles. The molecular formula is C16H15FN2O2. The van der Waals surface area contributed by atoms with Crippen molar-refractivity contribution in [1.29, 1.82) is 0 Å². The average molecular weight is 286 g/mol. The highest BCUT2D eigenvalue weighted by Gasteiger charge is 2.10. The number of hydrogen-bond acceptors (Lipinski definition) is 3. The zero-order valence-electron chi connectivity index (χ0n) is 11.5. The number of rotatable bonds is 4. The average Bonchev–Trinajstić information content (AvgIpc) is 2.85. The molecule has 0 aliphatic carbocycles. The van der Waals surface area contributed by atoms with Crippen molar-refractivity contribution in [2.75, 3.05) is 5.32 Å². The molecule has 0 amide bonds. The zero-order chi connectivity index (χ0) is 14.8. The lowest BCUT2D eigenvalue weighted by Gasteiger charge is -2.18. The van der Waals surface area contributed by atoms with Crippen LogP contribution < -0.4 is 11.1 Å². The van der Waals surface area contributed by atoms with E-state index in [2.05, 4.69) is 17.2 Å². The number of fused-ring (bicyclic) bond motifs is 1. The summed E-state index contributed by atoms with van der Waals surface area (Å²) < 4.78 is 18.0. The normalized spacial score (nSPS) is 12.5. The van der Waals surface area contributed by atoms with Crippen molar-refractivity contribution in [3.05, 3.63) is 64.4 Å². The van der Waals surface area contributed by atoms with Crippen molar-refractivity contribution >= 4 is 16.8 Å². The van der Waals surface area contributed by atoms with Crippen molar-refractivity contribution in [2.45, 2.75) is 19.4 Å². The van der Waals surface area contributed by atoms with Crippen LogP contribution >= 0.6 is 0 Å². The van der Waals surface area contributed by atoms with Crippen LogP contribution in [0.4, 0.5) is 10.1 Å². The second-order valence-corrected chi connectivity index (χ2v) is 4.88. The minimum atomic E-state index is -0.465. The van der Waals surface area contributed by atoms with Crippen LogP contribution in [0.25, 0.3) is 11.1 Å². The number of H-pyrrole nitrogens is 1. The van der Waals surface area contributed by atoms with E-state index in [0.717, 1.165) is 17.7 Å². The van der Waals surface area contributed by atoms with Gasteiger partial charge < -0.3 is 9.73 Å². The first-order valence-electron chi connectivity index (χ1n) is 6.80. The maximum Gasteiger partial charge on any atom is 0.417 e. The van der Waals surface area contributed by atoms with E-state index in [0.29, 0.717) is 11.1 Å². The van der Waals surface area contributed by atoms with Gasteiger partial charge in [0.15, 0.2) is 5.58 Å². The Hall–Kier alpha value is -2.56. The molecule has 1 atom stereocenters. The second-order valence-electron chi connectivity index (χ2n) is 4.88. The van der Waals surface area contributed by atoms with Gasteiger partial charge in [0, 0.05) is 5.69 Å². The number of nitrogens with one attached hydrogen (secondary N) is 2. The first-order valence-corrected chi connectivity index (χ1v) is 6.80. The lowest BCUT2D eigenvalue weighted by Crippen LogP contribution is -2.09. The molecule has 0 aliphatic rings. The molecule has 0 spiro atoms. The Balaban J connectivity index is 1.87. The molecule has 3 aromatic rings. The van der Waals surface area contributed by atoms with Crippen LogP contribution in [-0.4, -0.2) is 4.98 Å². The fourth-order valence-electron chi connectivity index (χ4n) is 2.36. The van der Waals surface area contributed by atoms with E-state index in [-0.39, 0.29) is 11.9 Å². The van der Waals surface area contributed by atoms with E-state index in [1.165, 1.54) is 12.1 Å². The minimum absolute atomic E-state index is 0.0710. The fraction of sp³-hybridized carbons (Fsp3) is 0.188. The van der Waals surface area contributed by atoms with E-state index in [1.54, 1.807) is 18.2 Å². The lowest BCUT2D eigenvalue weighted by atomic mass is 10.0. The molecule has 0 bridgehead atoms. The molecule has 0 saturated carbocycles. The predicted octanol–water partition coefficient (Wildman–Crippen LogP) is 3.82. The molecule has 1 heterocycles. The Morgan fingerprint density at radius 3 is 2.71 bits per heavy atom. The van der Waals surface area contributed by atoms with Gasteiger partial charge in [-0.1, -0.05) is 19.1 Å². The lowest BCUT2D eigenvalue weighted by molar-refractivity contribution is 0.555. The SMILES string of the molecule is CCC(Nc1ccc2oc(=O)[nH]c2c1)c1ccc(F)cc1. The maximum atomic E-state index is 13.0. The van der Waals surface area contributed by atoms with Gasteiger partial charge in [-0.3, -0.25) is 4.98 Å². The summed E-state index contributed by atoms with van der Waals surface area (Å²) in [6, 6.07) is 11.9. The Bertz CT molecular complexity index is 805. The zero-order valence-corrected chi connectivity index (χ0v) is 11.5. The van der Waals surface area contributed by atoms with Crippen molar-refractivity contribution in [1.82, 2.24) is 4.98 Å². The highest BCUT2D eigenvalue weighted by Crippen LogP contribution is 2.24. The highest BCUT2D eigenvalue weighted by molar-refractivity contribution is 5.76. The molecule has 108 valence electrons. The molecule has 0 fully saturated rings. The van der Waals surface area contributed by atoms with Gasteiger partial charge >= 0.3 is 5.76 Å². The van der Waals surface area contributed by atoms with Crippen molar-refractivity contribution in [2.24, 2.45) is 0 Å². The van der Waals surface area contributed by atoms with E-state index in [4.69, 9.17) is 4.42 Å². The first kappa shape index (κ1) is 13.4. The number of benzene rings is 2. The smallest absolute Gasteiger partial charge is 0.408 e. The van der Waals surface area contributed by atoms with Crippen LogP contribution in [0.2, 0.25) is 0 Å². The first-order chi connectivity index (χ1) is 10.2. The number of halogens is 1. The monoisotopic (exact) mass is 286 g/mol. The fourth-order valence-corrected chi connectivity index (χ4v) is 2.36. The van der Waals surface area contributed by atoms with Crippen LogP contribution in [0.5, 0.6) is 0 Å². The maximum absolute atomic E-state index is 13.0. The molecule has 2 aromatic carbocycles. The van der Waals surface area contributed by atoms with Gasteiger partial charge in [-0.05, 0) is 42.3 Å². The van der Waals surface area contributed by atoms with E-state index in [9.17, 15) is 9.18 Å². The molecule has 1 unspecified atom stereocenters. The van der Waals surface area contributed by atoms with Crippen molar-refractivity contribution < 1.29 is 8.81 Å². The quantitative estimate of drug-likeness (QED) is 0.766. The molecule has 1 aromatic heterocycles. The minimum Gasteiger partial charge on any atom is -0.408 e. The molecular weight excluding hydrogens is 271 g/mol. The van der Waals surface area contributed by atoms with Gasteiger partial charge in [0.2, 0.25) is 0 Å². The number of anilines is 1. The molecule has 0 radical (unpaired) electrons.